The number of carbonyl (C=O) groups is 1. The van der Waals surface area contributed by atoms with Crippen molar-refractivity contribution in [2.45, 2.75) is 6.10 Å². The molecule has 2 N–H and O–H groups in total. The minimum Gasteiger partial charge on any atom is -0.479 e. The summed E-state index contributed by atoms with van der Waals surface area (Å²) >= 11 is 5.83. The van der Waals surface area contributed by atoms with Gasteiger partial charge in [0.05, 0.1) is 6.26 Å². The topological polar surface area (TPSA) is 70.7 Å². The lowest BCUT2D eigenvalue weighted by Crippen LogP contribution is -2.11. The third-order valence-electron chi connectivity index (χ3n) is 2.13. The maximum atomic E-state index is 10.7. The molecule has 0 aliphatic carbocycles. The van der Waals surface area contributed by atoms with Gasteiger partial charge in [-0.1, -0.05) is 11.6 Å². The van der Waals surface area contributed by atoms with Gasteiger partial charge in [-0.2, -0.15) is 0 Å². The van der Waals surface area contributed by atoms with Gasteiger partial charge in [-0.05, 0) is 18.2 Å². The fraction of sp³-hybridized carbons (Fsp3) is 0.100. The highest BCUT2D eigenvalue weighted by Crippen LogP contribution is 2.31. The van der Waals surface area contributed by atoms with E-state index in [9.17, 15) is 9.90 Å². The molecular weight excluding hydrogens is 220 g/mol. The van der Waals surface area contributed by atoms with Crippen molar-refractivity contribution in [3.8, 4) is 0 Å². The molecule has 0 amide bonds. The third-order valence-corrected chi connectivity index (χ3v) is 2.46. The zero-order valence-electron chi connectivity index (χ0n) is 7.48. The van der Waals surface area contributed by atoms with E-state index in [1.807, 2.05) is 0 Å². The molecule has 1 atom stereocenters. The third kappa shape index (κ3) is 1.58. The van der Waals surface area contributed by atoms with Crippen LogP contribution in [0.2, 0.25) is 5.02 Å². The number of furan rings is 1. The predicted octanol–water partition coefficient (Wildman–Crippen LogP) is 2.20. The fourth-order valence-corrected chi connectivity index (χ4v) is 1.71. The number of benzene rings is 1. The Kier molecular flexibility index (Phi) is 2.38. The number of carboxylic acids is 1. The molecule has 78 valence electrons. The minimum atomic E-state index is -1.64. The Balaban J connectivity index is 2.71. The average molecular weight is 227 g/mol. The highest BCUT2D eigenvalue weighted by atomic mass is 35.5. The smallest absolute Gasteiger partial charge is 0.337 e. The van der Waals surface area contributed by atoms with Gasteiger partial charge in [0.25, 0.3) is 0 Å². The number of hydrogen-bond donors (Lipinski definition) is 2. The molecule has 1 aromatic carbocycles. The molecule has 0 saturated heterocycles. The van der Waals surface area contributed by atoms with Gasteiger partial charge in [0, 0.05) is 16.0 Å². The molecule has 0 spiro atoms. The standard InChI is InChI=1S/C10H7ClO4/c11-6-1-2-7-5(3-4-15-7)8(6)9(12)10(13)14/h1-4,9,12H,(H,13,14). The van der Waals surface area contributed by atoms with Crippen LogP contribution in [0.5, 0.6) is 0 Å². The number of hydrogen-bond acceptors (Lipinski definition) is 3. The summed E-state index contributed by atoms with van der Waals surface area (Å²) in [6.07, 6.45) is -0.224. The average Bonchev–Trinajstić information content (AvgIpc) is 2.64. The van der Waals surface area contributed by atoms with E-state index in [2.05, 4.69) is 0 Å². The van der Waals surface area contributed by atoms with Crippen molar-refractivity contribution in [1.29, 1.82) is 0 Å². The van der Waals surface area contributed by atoms with Crippen molar-refractivity contribution in [2.24, 2.45) is 0 Å². The summed E-state index contributed by atoms with van der Waals surface area (Å²) in [7, 11) is 0. The van der Waals surface area contributed by atoms with E-state index in [1.165, 1.54) is 12.3 Å². The fourth-order valence-electron chi connectivity index (χ4n) is 1.44. The Labute approximate surface area is 89.7 Å². The van der Waals surface area contributed by atoms with E-state index in [0.717, 1.165) is 0 Å². The lowest BCUT2D eigenvalue weighted by atomic mass is 10.1. The van der Waals surface area contributed by atoms with Crippen molar-refractivity contribution < 1.29 is 19.4 Å². The van der Waals surface area contributed by atoms with Crippen LogP contribution >= 0.6 is 11.6 Å². The molecule has 2 aromatic rings. The molecular formula is C10H7ClO4. The first-order chi connectivity index (χ1) is 7.11. The van der Waals surface area contributed by atoms with Crippen LogP contribution < -0.4 is 0 Å². The SMILES string of the molecule is O=C(O)C(O)c1c(Cl)ccc2occc12. The van der Waals surface area contributed by atoms with Crippen LogP contribution in [0.25, 0.3) is 11.0 Å². The van der Waals surface area contributed by atoms with E-state index >= 15 is 0 Å². The number of fused-ring (bicyclic) bond motifs is 1. The van der Waals surface area contributed by atoms with Gasteiger partial charge in [0.15, 0.2) is 6.10 Å². The first-order valence-electron chi connectivity index (χ1n) is 4.17. The molecule has 1 aromatic heterocycles. The van der Waals surface area contributed by atoms with Crippen LogP contribution in [0.1, 0.15) is 11.7 Å². The molecule has 0 aliphatic rings. The second-order valence-electron chi connectivity index (χ2n) is 3.03. The Morgan fingerprint density at radius 2 is 2.13 bits per heavy atom. The molecule has 15 heavy (non-hydrogen) atoms. The number of aliphatic carboxylic acids is 1. The molecule has 0 fully saturated rings. The van der Waals surface area contributed by atoms with Gasteiger partial charge in [-0.25, -0.2) is 4.79 Å². The van der Waals surface area contributed by atoms with Crippen LogP contribution in [-0.2, 0) is 4.79 Å². The van der Waals surface area contributed by atoms with Crippen molar-refractivity contribution in [3.63, 3.8) is 0 Å². The Morgan fingerprint density at radius 3 is 2.80 bits per heavy atom. The van der Waals surface area contributed by atoms with E-state index in [4.69, 9.17) is 21.1 Å². The normalized spacial score (nSPS) is 12.9. The molecule has 2 rings (SSSR count). The number of aliphatic hydroxyl groups excluding tert-OH is 1. The van der Waals surface area contributed by atoms with Crippen LogP contribution in [0, 0.1) is 0 Å². The predicted molar refractivity (Wildman–Crippen MR) is 53.8 cm³/mol. The molecule has 1 unspecified atom stereocenters. The second kappa shape index (κ2) is 3.56. The molecule has 5 heteroatoms. The van der Waals surface area contributed by atoms with Crippen molar-refractivity contribution >= 4 is 28.5 Å². The zero-order valence-corrected chi connectivity index (χ0v) is 8.23. The summed E-state index contributed by atoms with van der Waals surface area (Å²) in [6.45, 7) is 0. The summed E-state index contributed by atoms with van der Waals surface area (Å²) in [6, 6.07) is 4.69. The number of rotatable bonds is 2. The Bertz CT molecular complexity index is 517. The molecule has 4 nitrogen and oxygen atoms in total. The number of halogens is 1. The van der Waals surface area contributed by atoms with Gasteiger partial charge < -0.3 is 14.6 Å². The van der Waals surface area contributed by atoms with E-state index < -0.39 is 12.1 Å². The largest absolute Gasteiger partial charge is 0.479 e. The molecule has 0 aliphatic heterocycles. The second-order valence-corrected chi connectivity index (χ2v) is 3.44. The summed E-state index contributed by atoms with van der Waals surface area (Å²) in [5.41, 5.74) is 0.658. The van der Waals surface area contributed by atoms with Crippen molar-refractivity contribution in [1.82, 2.24) is 0 Å². The van der Waals surface area contributed by atoms with E-state index in [1.54, 1.807) is 12.1 Å². The minimum absolute atomic E-state index is 0.162. The van der Waals surface area contributed by atoms with E-state index in [0.29, 0.717) is 11.0 Å². The highest BCUT2D eigenvalue weighted by Gasteiger charge is 2.22. The van der Waals surface area contributed by atoms with Gasteiger partial charge in [-0.15, -0.1) is 0 Å². The first-order valence-corrected chi connectivity index (χ1v) is 4.55. The van der Waals surface area contributed by atoms with Gasteiger partial charge in [0.1, 0.15) is 5.58 Å². The molecule has 0 bridgehead atoms. The van der Waals surface area contributed by atoms with Crippen molar-refractivity contribution in [3.05, 3.63) is 35.0 Å². The highest BCUT2D eigenvalue weighted by molar-refractivity contribution is 6.32. The maximum absolute atomic E-state index is 10.7. The van der Waals surface area contributed by atoms with Crippen molar-refractivity contribution in [2.75, 3.05) is 0 Å². The summed E-state index contributed by atoms with van der Waals surface area (Å²) in [5.74, 6) is -1.34. The first kappa shape index (κ1) is 10.0. The molecule has 0 saturated carbocycles. The molecule has 1 heterocycles. The van der Waals surface area contributed by atoms with Crippen LogP contribution in [0.15, 0.2) is 28.9 Å². The van der Waals surface area contributed by atoms with Gasteiger partial charge in [-0.3, -0.25) is 0 Å². The monoisotopic (exact) mass is 226 g/mol. The summed E-state index contributed by atoms with van der Waals surface area (Å²) in [5, 5.41) is 18.9. The zero-order chi connectivity index (χ0) is 11.0. The summed E-state index contributed by atoms with van der Waals surface area (Å²) in [4.78, 5) is 10.7. The van der Waals surface area contributed by atoms with Crippen LogP contribution in [-0.4, -0.2) is 16.2 Å². The maximum Gasteiger partial charge on any atom is 0.337 e. The number of aliphatic hydroxyl groups is 1. The Hall–Kier alpha value is -1.52. The van der Waals surface area contributed by atoms with Gasteiger partial charge >= 0.3 is 5.97 Å². The van der Waals surface area contributed by atoms with E-state index in [-0.39, 0.29) is 10.6 Å². The Morgan fingerprint density at radius 1 is 1.40 bits per heavy atom. The lowest BCUT2D eigenvalue weighted by Gasteiger charge is -2.08. The quantitative estimate of drug-likeness (QED) is 0.824. The lowest BCUT2D eigenvalue weighted by molar-refractivity contribution is -0.146. The molecule has 0 radical (unpaired) electrons. The number of carboxylic acid groups (broad SMARTS) is 1. The van der Waals surface area contributed by atoms with Crippen LogP contribution in [0.4, 0.5) is 0 Å². The van der Waals surface area contributed by atoms with Gasteiger partial charge in [0.2, 0.25) is 0 Å². The summed E-state index contributed by atoms with van der Waals surface area (Å²) < 4.78 is 5.08. The van der Waals surface area contributed by atoms with Crippen LogP contribution in [0.3, 0.4) is 0 Å².